The molecule has 0 saturated heterocycles. The van der Waals surface area contributed by atoms with Crippen molar-refractivity contribution in [2.24, 2.45) is 0 Å². The van der Waals surface area contributed by atoms with Gasteiger partial charge in [-0.2, -0.15) is 0 Å². The van der Waals surface area contributed by atoms with Crippen molar-refractivity contribution < 1.29 is 0 Å². The fraction of sp³-hybridized carbons (Fsp3) is 0.529. The Morgan fingerprint density at radius 3 is 2.65 bits per heavy atom. The zero-order chi connectivity index (χ0) is 14.2. The van der Waals surface area contributed by atoms with Gasteiger partial charge in [-0.05, 0) is 57.8 Å². The van der Waals surface area contributed by atoms with Gasteiger partial charge in [-0.1, -0.05) is 18.2 Å². The molecule has 1 heterocycles. The minimum Gasteiger partial charge on any atom is -0.308 e. The predicted octanol–water partition coefficient (Wildman–Crippen LogP) is 4.04. The number of rotatable bonds is 5. The first-order chi connectivity index (χ1) is 9.61. The van der Waals surface area contributed by atoms with Crippen molar-refractivity contribution in [3.05, 3.63) is 35.2 Å². The number of hydrogen-bond acceptors (Lipinski definition) is 3. The van der Waals surface area contributed by atoms with Crippen molar-refractivity contribution in [3.63, 3.8) is 0 Å². The van der Waals surface area contributed by atoms with Gasteiger partial charge in [-0.3, -0.25) is 0 Å². The van der Waals surface area contributed by atoms with Crippen LogP contribution in [0, 0.1) is 0 Å². The van der Waals surface area contributed by atoms with Crippen LogP contribution in [0.15, 0.2) is 30.3 Å². The average molecular weight is 288 g/mol. The van der Waals surface area contributed by atoms with E-state index in [1.807, 2.05) is 11.3 Å². The summed E-state index contributed by atoms with van der Waals surface area (Å²) in [6, 6.07) is 11.4. The van der Waals surface area contributed by atoms with E-state index >= 15 is 0 Å². The van der Waals surface area contributed by atoms with E-state index in [0.29, 0.717) is 11.6 Å². The normalized spacial score (nSPS) is 19.2. The number of fused-ring (bicyclic) bond motifs is 1. The predicted molar refractivity (Wildman–Crippen MR) is 88.5 cm³/mol. The summed E-state index contributed by atoms with van der Waals surface area (Å²) in [4.78, 5) is 3.85. The van der Waals surface area contributed by atoms with Crippen LogP contribution >= 0.6 is 11.3 Å². The summed E-state index contributed by atoms with van der Waals surface area (Å²) >= 11 is 1.91. The van der Waals surface area contributed by atoms with E-state index in [0.717, 1.165) is 6.54 Å². The molecular weight excluding hydrogens is 264 g/mol. The summed E-state index contributed by atoms with van der Waals surface area (Å²) in [6.45, 7) is 3.38. The molecule has 20 heavy (non-hydrogen) atoms. The third-order valence-corrected chi connectivity index (χ3v) is 6.14. The first-order valence-electron chi connectivity index (χ1n) is 7.50. The summed E-state index contributed by atoms with van der Waals surface area (Å²) in [5.41, 5.74) is 0.394. The van der Waals surface area contributed by atoms with Crippen LogP contribution in [-0.2, 0) is 0 Å². The SMILES string of the molecule is CC(NCC1(N(C)C)CCC1)c1cc2ccccc2s1. The minimum absolute atomic E-state index is 0.394. The molecule has 1 aromatic carbocycles. The van der Waals surface area contributed by atoms with Crippen LogP contribution in [0.2, 0.25) is 0 Å². The molecular formula is C17H24N2S. The maximum absolute atomic E-state index is 3.75. The lowest BCUT2D eigenvalue weighted by molar-refractivity contribution is 0.0577. The molecule has 1 unspecified atom stereocenters. The van der Waals surface area contributed by atoms with E-state index in [9.17, 15) is 0 Å². The summed E-state index contributed by atoms with van der Waals surface area (Å²) in [6.07, 6.45) is 4.02. The van der Waals surface area contributed by atoms with Gasteiger partial charge in [0.2, 0.25) is 0 Å². The van der Waals surface area contributed by atoms with Gasteiger partial charge >= 0.3 is 0 Å². The van der Waals surface area contributed by atoms with Crippen LogP contribution in [0.5, 0.6) is 0 Å². The van der Waals surface area contributed by atoms with Crippen molar-refractivity contribution in [3.8, 4) is 0 Å². The molecule has 108 valence electrons. The maximum atomic E-state index is 3.75. The molecule has 2 aromatic rings. The number of thiophene rings is 1. The molecule has 0 spiro atoms. The number of nitrogens with zero attached hydrogens (tertiary/aromatic N) is 1. The van der Waals surface area contributed by atoms with E-state index in [1.165, 1.54) is 34.2 Å². The van der Waals surface area contributed by atoms with Crippen LogP contribution < -0.4 is 5.32 Å². The van der Waals surface area contributed by atoms with Gasteiger partial charge < -0.3 is 10.2 Å². The van der Waals surface area contributed by atoms with Crippen LogP contribution in [0.3, 0.4) is 0 Å². The molecule has 1 aromatic heterocycles. The van der Waals surface area contributed by atoms with E-state index in [-0.39, 0.29) is 0 Å². The first kappa shape index (κ1) is 14.1. The Balaban J connectivity index is 1.68. The molecule has 0 radical (unpaired) electrons. The Labute approximate surface area is 125 Å². The third kappa shape index (κ3) is 2.50. The smallest absolute Gasteiger partial charge is 0.0387 e. The second kappa shape index (κ2) is 5.47. The highest BCUT2D eigenvalue weighted by Gasteiger charge is 2.38. The standard InChI is InChI=1S/C17H24N2S/c1-13(18-12-17(19(2)3)9-6-10-17)16-11-14-7-4-5-8-15(14)20-16/h4-5,7-8,11,13,18H,6,9-10,12H2,1-3H3. The van der Waals surface area contributed by atoms with E-state index in [1.54, 1.807) is 0 Å². The lowest BCUT2D eigenvalue weighted by Gasteiger charge is -2.48. The minimum atomic E-state index is 0.394. The molecule has 3 rings (SSSR count). The van der Waals surface area contributed by atoms with Crippen molar-refractivity contribution in [2.45, 2.75) is 37.8 Å². The Morgan fingerprint density at radius 1 is 1.30 bits per heavy atom. The Kier molecular flexibility index (Phi) is 3.85. The Hall–Kier alpha value is -0.900. The van der Waals surface area contributed by atoms with Gasteiger partial charge in [-0.25, -0.2) is 0 Å². The fourth-order valence-corrected chi connectivity index (χ4v) is 4.12. The van der Waals surface area contributed by atoms with E-state index in [2.05, 4.69) is 61.6 Å². The second-order valence-corrected chi connectivity index (χ2v) is 7.38. The number of likely N-dealkylation sites (N-methyl/N-ethyl adjacent to an activating group) is 1. The Bertz CT molecular complexity index is 550. The number of nitrogens with one attached hydrogen (secondary N) is 1. The van der Waals surface area contributed by atoms with Crippen molar-refractivity contribution in [1.82, 2.24) is 10.2 Å². The zero-order valence-electron chi connectivity index (χ0n) is 12.6. The highest BCUT2D eigenvalue weighted by Crippen LogP contribution is 2.36. The Morgan fingerprint density at radius 2 is 2.05 bits per heavy atom. The molecule has 2 nitrogen and oxygen atoms in total. The maximum Gasteiger partial charge on any atom is 0.0387 e. The molecule has 0 bridgehead atoms. The second-order valence-electron chi connectivity index (χ2n) is 6.26. The molecule has 1 fully saturated rings. The van der Waals surface area contributed by atoms with Crippen LogP contribution in [0.1, 0.15) is 37.1 Å². The van der Waals surface area contributed by atoms with Gasteiger partial charge in [-0.15, -0.1) is 11.3 Å². The first-order valence-corrected chi connectivity index (χ1v) is 8.32. The van der Waals surface area contributed by atoms with Gasteiger partial charge in [0.1, 0.15) is 0 Å². The monoisotopic (exact) mass is 288 g/mol. The average Bonchev–Trinajstić information content (AvgIpc) is 2.80. The van der Waals surface area contributed by atoms with Gasteiger partial charge in [0.25, 0.3) is 0 Å². The fourth-order valence-electron chi connectivity index (χ4n) is 3.03. The molecule has 1 atom stereocenters. The van der Waals surface area contributed by atoms with Crippen LogP contribution in [0.4, 0.5) is 0 Å². The summed E-state index contributed by atoms with van der Waals surface area (Å²) in [5, 5.41) is 5.12. The van der Waals surface area contributed by atoms with Crippen molar-refractivity contribution in [2.75, 3.05) is 20.6 Å². The molecule has 1 aliphatic rings. The lowest BCUT2D eigenvalue weighted by atomic mass is 9.75. The molecule has 1 N–H and O–H groups in total. The number of hydrogen-bond donors (Lipinski definition) is 1. The van der Waals surface area contributed by atoms with Gasteiger partial charge in [0.15, 0.2) is 0 Å². The largest absolute Gasteiger partial charge is 0.308 e. The summed E-state index contributed by atoms with van der Waals surface area (Å²) < 4.78 is 1.39. The number of benzene rings is 1. The molecule has 0 aliphatic heterocycles. The van der Waals surface area contributed by atoms with Gasteiger partial charge in [0, 0.05) is 27.7 Å². The molecule has 3 heteroatoms. The molecule has 1 aliphatic carbocycles. The lowest BCUT2D eigenvalue weighted by Crippen LogP contribution is -2.56. The zero-order valence-corrected chi connectivity index (χ0v) is 13.5. The quantitative estimate of drug-likeness (QED) is 0.893. The van der Waals surface area contributed by atoms with E-state index < -0.39 is 0 Å². The summed E-state index contributed by atoms with van der Waals surface area (Å²) in [5.74, 6) is 0. The highest BCUT2D eigenvalue weighted by atomic mass is 32.1. The molecule has 0 amide bonds. The highest BCUT2D eigenvalue weighted by molar-refractivity contribution is 7.19. The summed E-state index contributed by atoms with van der Waals surface area (Å²) in [7, 11) is 4.43. The topological polar surface area (TPSA) is 15.3 Å². The van der Waals surface area contributed by atoms with Crippen molar-refractivity contribution in [1.29, 1.82) is 0 Å². The van der Waals surface area contributed by atoms with Crippen molar-refractivity contribution >= 4 is 21.4 Å². The van der Waals surface area contributed by atoms with Crippen LogP contribution in [0.25, 0.3) is 10.1 Å². The molecule has 1 saturated carbocycles. The van der Waals surface area contributed by atoms with Crippen LogP contribution in [-0.4, -0.2) is 31.1 Å². The van der Waals surface area contributed by atoms with Gasteiger partial charge in [0.05, 0.1) is 0 Å². The van der Waals surface area contributed by atoms with E-state index in [4.69, 9.17) is 0 Å². The third-order valence-electron chi connectivity index (χ3n) is 4.84.